The highest BCUT2D eigenvalue weighted by molar-refractivity contribution is 7.79. The Balaban J connectivity index is 0.000000187. The third-order valence-electron chi connectivity index (χ3n) is 1.27. The molecule has 0 unspecified atom stereocenters. The molecule has 5 nitrogen and oxygen atoms in total. The van der Waals surface area contributed by atoms with Gasteiger partial charge in [-0.1, -0.05) is 12.8 Å². The molecule has 0 saturated heterocycles. The van der Waals surface area contributed by atoms with Crippen molar-refractivity contribution < 1.29 is 17.5 Å². The lowest BCUT2D eigenvalue weighted by molar-refractivity contribution is 0.381. The van der Waals surface area contributed by atoms with Crippen LogP contribution >= 0.6 is 0 Å². The van der Waals surface area contributed by atoms with E-state index in [1.807, 2.05) is 0 Å². The lowest BCUT2D eigenvalue weighted by Gasteiger charge is -1.83. The monoisotopic (exact) mass is 183 g/mol. The Morgan fingerprint density at radius 3 is 1.82 bits per heavy atom. The second-order valence-electron chi connectivity index (χ2n) is 2.47. The van der Waals surface area contributed by atoms with Crippen molar-refractivity contribution in [3.63, 3.8) is 0 Å². The lowest BCUT2D eigenvalue weighted by Crippen LogP contribution is -1.98. The highest BCUT2D eigenvalue weighted by Gasteiger charge is 2.18. The maximum absolute atomic E-state index is 8.74. The first-order valence-corrected chi connectivity index (χ1v) is 4.73. The Labute approximate surface area is 66.2 Å². The molecule has 0 aliphatic heterocycles. The average molecular weight is 183 g/mol. The van der Waals surface area contributed by atoms with Crippen LogP contribution in [0.25, 0.3) is 0 Å². The summed E-state index contributed by atoms with van der Waals surface area (Å²) in [5, 5.41) is 0. The zero-order valence-corrected chi connectivity index (χ0v) is 6.92. The maximum atomic E-state index is 8.74. The first kappa shape index (κ1) is 10.8. The number of rotatable bonds is 2. The molecule has 0 spiro atoms. The summed E-state index contributed by atoms with van der Waals surface area (Å²) >= 11 is 0. The molecule has 1 saturated carbocycles. The quantitative estimate of drug-likeness (QED) is 0.527. The lowest BCUT2D eigenvalue weighted by atomic mass is 10.3. The molecule has 0 amide bonds. The van der Waals surface area contributed by atoms with Crippen LogP contribution in [0.4, 0.5) is 0 Å². The normalized spacial score (nSPS) is 17.0. The molecular weight excluding hydrogens is 170 g/mol. The molecule has 68 valence electrons. The van der Waals surface area contributed by atoms with Gasteiger partial charge in [-0.2, -0.15) is 8.42 Å². The Hall–Kier alpha value is -0.170. The molecule has 1 fully saturated rings. The van der Waals surface area contributed by atoms with E-state index in [0.717, 1.165) is 12.5 Å². The summed E-state index contributed by atoms with van der Waals surface area (Å²) in [6.45, 7) is 0.894. The van der Waals surface area contributed by atoms with Gasteiger partial charge in [-0.3, -0.25) is 9.11 Å². The largest absolute Gasteiger partial charge is 0.394 e. The summed E-state index contributed by atoms with van der Waals surface area (Å²) in [7, 11) is -4.67. The maximum Gasteiger partial charge on any atom is 0.394 e. The van der Waals surface area contributed by atoms with Gasteiger partial charge in [-0.25, -0.2) is 0 Å². The predicted molar refractivity (Wildman–Crippen MR) is 40.6 cm³/mol. The van der Waals surface area contributed by atoms with E-state index in [0.29, 0.717) is 0 Å². The molecule has 0 aromatic carbocycles. The Morgan fingerprint density at radius 1 is 1.36 bits per heavy atom. The molecule has 1 aliphatic rings. The predicted octanol–water partition coefficient (Wildman–Crippen LogP) is 0.0924. The third kappa shape index (κ3) is 17.7. The van der Waals surface area contributed by atoms with Gasteiger partial charge in [0, 0.05) is 0 Å². The molecule has 0 atom stereocenters. The topological polar surface area (TPSA) is 101 Å². The van der Waals surface area contributed by atoms with Gasteiger partial charge in [-0.15, -0.1) is 0 Å². The van der Waals surface area contributed by atoms with Crippen LogP contribution in [0.1, 0.15) is 19.3 Å². The molecule has 1 rings (SSSR count). The summed E-state index contributed by atoms with van der Waals surface area (Å²) in [6.07, 6.45) is 4.15. The van der Waals surface area contributed by atoms with Crippen LogP contribution in [0.3, 0.4) is 0 Å². The third-order valence-corrected chi connectivity index (χ3v) is 1.27. The van der Waals surface area contributed by atoms with Crippen molar-refractivity contribution in [2.75, 3.05) is 6.54 Å². The van der Waals surface area contributed by atoms with Crippen LogP contribution in [0.2, 0.25) is 0 Å². The minimum Gasteiger partial charge on any atom is -0.330 e. The molecule has 0 aromatic rings. The molecule has 0 heterocycles. The molecule has 1 aliphatic carbocycles. The Morgan fingerprint density at radius 2 is 1.73 bits per heavy atom. The van der Waals surface area contributed by atoms with Gasteiger partial charge < -0.3 is 5.73 Å². The van der Waals surface area contributed by atoms with Crippen molar-refractivity contribution in [1.29, 1.82) is 0 Å². The Kier molecular flexibility index (Phi) is 4.58. The van der Waals surface area contributed by atoms with Gasteiger partial charge in [0.25, 0.3) is 0 Å². The van der Waals surface area contributed by atoms with Gasteiger partial charge >= 0.3 is 10.4 Å². The van der Waals surface area contributed by atoms with E-state index in [-0.39, 0.29) is 0 Å². The smallest absolute Gasteiger partial charge is 0.330 e. The second-order valence-corrected chi connectivity index (χ2v) is 3.36. The zero-order valence-electron chi connectivity index (χ0n) is 6.10. The fourth-order valence-corrected chi connectivity index (χ4v) is 0.642. The van der Waals surface area contributed by atoms with Crippen molar-refractivity contribution >= 4 is 10.4 Å². The first-order chi connectivity index (χ1) is 4.93. The minimum absolute atomic E-state index is 0.894. The van der Waals surface area contributed by atoms with Crippen LogP contribution in [0.15, 0.2) is 0 Å². The standard InChI is InChI=1S/C5H11N.H2O4S/c6-4-3-5-1-2-5;1-5(2,3)4/h5H,1-4,6H2;(H2,1,2,3,4). The highest BCUT2D eigenvalue weighted by Crippen LogP contribution is 2.31. The van der Waals surface area contributed by atoms with Crippen LogP contribution in [-0.2, 0) is 10.4 Å². The summed E-state index contributed by atoms with van der Waals surface area (Å²) in [5.41, 5.74) is 5.27. The number of hydrogen-bond donors (Lipinski definition) is 3. The fourth-order valence-electron chi connectivity index (χ4n) is 0.642. The summed E-state index contributed by atoms with van der Waals surface area (Å²) < 4.78 is 31.6. The summed E-state index contributed by atoms with van der Waals surface area (Å²) in [6, 6.07) is 0. The summed E-state index contributed by atoms with van der Waals surface area (Å²) in [4.78, 5) is 0. The molecule has 0 radical (unpaired) electrons. The van der Waals surface area contributed by atoms with Crippen molar-refractivity contribution in [2.24, 2.45) is 11.7 Å². The zero-order chi connectivity index (χ0) is 8.91. The highest BCUT2D eigenvalue weighted by atomic mass is 32.3. The second kappa shape index (κ2) is 4.66. The van der Waals surface area contributed by atoms with Gasteiger partial charge in [0.2, 0.25) is 0 Å². The van der Waals surface area contributed by atoms with E-state index in [1.165, 1.54) is 19.3 Å². The van der Waals surface area contributed by atoms with Gasteiger partial charge in [0.05, 0.1) is 0 Å². The van der Waals surface area contributed by atoms with Gasteiger partial charge in [-0.05, 0) is 18.9 Å². The van der Waals surface area contributed by atoms with Gasteiger partial charge in [0.1, 0.15) is 0 Å². The first-order valence-electron chi connectivity index (χ1n) is 3.33. The van der Waals surface area contributed by atoms with E-state index >= 15 is 0 Å². The van der Waals surface area contributed by atoms with E-state index in [4.69, 9.17) is 23.3 Å². The molecule has 6 heteroatoms. The molecule has 11 heavy (non-hydrogen) atoms. The fraction of sp³-hybridized carbons (Fsp3) is 1.00. The van der Waals surface area contributed by atoms with Crippen molar-refractivity contribution in [1.82, 2.24) is 0 Å². The Bertz CT molecular complexity index is 177. The van der Waals surface area contributed by atoms with Crippen LogP contribution in [0.5, 0.6) is 0 Å². The molecule has 0 bridgehead atoms. The average Bonchev–Trinajstić information content (AvgIpc) is 2.45. The van der Waals surface area contributed by atoms with Crippen molar-refractivity contribution in [2.45, 2.75) is 19.3 Å². The van der Waals surface area contributed by atoms with Crippen LogP contribution < -0.4 is 5.73 Å². The molecular formula is C5H13NO4S. The van der Waals surface area contributed by atoms with E-state index in [9.17, 15) is 0 Å². The molecule has 0 aromatic heterocycles. The minimum atomic E-state index is -4.67. The number of hydrogen-bond acceptors (Lipinski definition) is 3. The molecule has 4 N–H and O–H groups in total. The van der Waals surface area contributed by atoms with Gasteiger partial charge in [0.15, 0.2) is 0 Å². The van der Waals surface area contributed by atoms with Crippen LogP contribution in [-0.4, -0.2) is 24.1 Å². The van der Waals surface area contributed by atoms with E-state index in [2.05, 4.69) is 0 Å². The van der Waals surface area contributed by atoms with Crippen LogP contribution in [0, 0.1) is 5.92 Å². The number of nitrogens with two attached hydrogens (primary N) is 1. The SMILES string of the molecule is NCCC1CC1.O=S(=O)(O)O. The van der Waals surface area contributed by atoms with E-state index < -0.39 is 10.4 Å². The van der Waals surface area contributed by atoms with Crippen molar-refractivity contribution in [3.8, 4) is 0 Å². The summed E-state index contributed by atoms with van der Waals surface area (Å²) in [5.74, 6) is 1.02. The van der Waals surface area contributed by atoms with Crippen molar-refractivity contribution in [3.05, 3.63) is 0 Å². The van der Waals surface area contributed by atoms with E-state index in [1.54, 1.807) is 0 Å².